The van der Waals surface area contributed by atoms with Crippen LogP contribution in [0.3, 0.4) is 0 Å². The first kappa shape index (κ1) is 69.5. The van der Waals surface area contributed by atoms with Gasteiger partial charge in [0.2, 0.25) is 0 Å². The van der Waals surface area contributed by atoms with E-state index in [0.29, 0.717) is 43.0 Å². The Morgan fingerprint density at radius 1 is 0.617 bits per heavy atom. The molecule has 6 nitrogen and oxygen atoms in total. The molecule has 0 unspecified atom stereocenters. The fourth-order valence-corrected chi connectivity index (χ4v) is 4.44. The van der Waals surface area contributed by atoms with Crippen LogP contribution in [0.2, 0.25) is 0 Å². The van der Waals surface area contributed by atoms with Gasteiger partial charge in [0.25, 0.3) is 0 Å². The Morgan fingerprint density at radius 2 is 1.05 bits per heavy atom. The maximum absolute atomic E-state index is 11.4. The van der Waals surface area contributed by atoms with Crippen LogP contribution in [0.4, 0.5) is 0 Å². The summed E-state index contributed by atoms with van der Waals surface area (Å²) < 4.78 is 0. The largest absolute Gasteiger partial charge is 0.643 e. The summed E-state index contributed by atoms with van der Waals surface area (Å²) in [5.74, 6) is -2.11. The van der Waals surface area contributed by atoms with Crippen molar-refractivity contribution in [2.45, 2.75) is 51.4 Å². The standard InChI is InChI=1S/C12H11BrO.C12H10O3.C12H12O2.C9H8.Al.3ClH.4Y/c1-2-4-10-5-3-6-11(7-10)8-12(14)9-13;1-2-4-9-5-3-6-10(7-9)11(13)8-12(14)15;1-2-4-10-5-3-6-11(9-10)7-8-12(13)14;1-2-6-9-7-4-3-5-8-9;;;;;;;;/h3,6-7H,1,4,8-9H2;3,6-7H,1,4,8H2,(H,14,15);3,6,9H,1,4,7-8H2,(H,13,14);3-5,7H,1,6H2;;3*1H;;;;/q4*-2;+3;;;;;;;/p-3. The Labute approximate surface area is 482 Å². The Bertz CT molecular complexity index is 1830. The van der Waals surface area contributed by atoms with Crippen molar-refractivity contribution in [3.8, 4) is 0 Å². The number of benzene rings is 4. The average molecular weight is 1250 g/mol. The Kier molecular flexibility index (Phi) is 53.2. The first-order valence-corrected chi connectivity index (χ1v) is 23.1. The molecule has 0 heterocycles. The maximum atomic E-state index is 11.4. The smallest absolute Gasteiger partial charge is 0.502 e. The molecule has 0 aliphatic rings. The van der Waals surface area contributed by atoms with Crippen molar-refractivity contribution in [2.24, 2.45) is 0 Å². The van der Waals surface area contributed by atoms with E-state index in [0.717, 1.165) is 39.8 Å². The number of rotatable bonds is 17. The molecule has 0 saturated heterocycles. The molecular weight excluding hydrogens is 1210 g/mol. The van der Waals surface area contributed by atoms with E-state index in [1.165, 1.54) is 0 Å². The van der Waals surface area contributed by atoms with Crippen molar-refractivity contribution >= 4 is 81.0 Å². The third kappa shape index (κ3) is 40.0. The van der Waals surface area contributed by atoms with E-state index < -0.39 is 35.5 Å². The third-order valence-corrected chi connectivity index (χ3v) is 7.19. The average Bonchev–Trinajstić information content (AvgIpc) is 3.16. The molecule has 0 atom stereocenters. The first-order chi connectivity index (χ1) is 26.8. The van der Waals surface area contributed by atoms with Crippen LogP contribution < -0.4 is 0 Å². The summed E-state index contributed by atoms with van der Waals surface area (Å²) in [5.41, 5.74) is 6.40. The van der Waals surface area contributed by atoms with Crippen molar-refractivity contribution in [1.82, 2.24) is 0 Å². The second kappa shape index (κ2) is 46.0. The zero-order valence-corrected chi connectivity index (χ0v) is 49.5. The summed E-state index contributed by atoms with van der Waals surface area (Å²) in [6.07, 6.45) is 14.4. The van der Waals surface area contributed by atoms with Crippen LogP contribution in [0.25, 0.3) is 0 Å². The number of carboxylic acid groups (broad SMARTS) is 2. The van der Waals surface area contributed by atoms with E-state index in [1.807, 2.05) is 60.7 Å². The van der Waals surface area contributed by atoms with Gasteiger partial charge >= 0.3 is 23.3 Å². The van der Waals surface area contributed by atoms with E-state index in [9.17, 15) is 19.2 Å². The van der Waals surface area contributed by atoms with Crippen molar-refractivity contribution < 1.29 is 160 Å². The summed E-state index contributed by atoms with van der Waals surface area (Å²) in [7, 11) is 14.8. The van der Waals surface area contributed by atoms with E-state index in [4.69, 9.17) is 40.4 Å². The SMILES string of the molecule is C=[C-]Cc1[c-]ccc(C(=O)CC(=O)O)c1.C=[C-]Cc1[c-]ccc(CC(=O)CBr)c1.C=[C-]Cc1[c-]ccc(CCC(=O)O)c1.C=[C-]Cc1[c-]cccc1.[Cl][Al]([Cl])[Cl].[Y].[Y].[Y].[Y]. The number of carboxylic acids is 2. The molecule has 0 aliphatic carbocycles. The minimum Gasteiger partial charge on any atom is -0.502 e. The van der Waals surface area contributed by atoms with E-state index in [2.05, 4.69) is 90.8 Å². The monoisotopic (exact) mass is 1240 g/mol. The number of aryl methyl sites for hydroxylation is 1. The number of alkyl halides is 1. The minimum atomic E-state index is -1.72. The third-order valence-electron chi connectivity index (χ3n) is 6.56. The Balaban J connectivity index is -0.000000215. The van der Waals surface area contributed by atoms with E-state index in [1.54, 1.807) is 18.2 Å². The molecule has 15 heteroatoms. The second-order valence-corrected chi connectivity index (χ2v) is 18.1. The Morgan fingerprint density at radius 3 is 1.48 bits per heavy atom. The molecule has 0 saturated carbocycles. The number of halogens is 4. The molecule has 0 aromatic heterocycles. The molecule has 0 spiro atoms. The quantitative estimate of drug-likeness (QED) is 0.0359. The van der Waals surface area contributed by atoms with Gasteiger partial charge in [0, 0.05) is 144 Å². The maximum Gasteiger partial charge on any atom is 0.643 e. The van der Waals surface area contributed by atoms with Crippen LogP contribution >= 0.6 is 46.1 Å². The van der Waals surface area contributed by atoms with Gasteiger partial charge in [-0.1, -0.05) is 21.5 Å². The molecule has 0 bridgehead atoms. The number of allylic oxidation sites excluding steroid dienone is 4. The predicted molar refractivity (Wildman–Crippen MR) is 230 cm³/mol. The number of carbonyl (C=O) groups excluding carboxylic acids is 2. The predicted octanol–water partition coefficient (Wildman–Crippen LogP) is 9.93. The van der Waals surface area contributed by atoms with Gasteiger partial charge in [0.1, 0.15) is 18.0 Å². The molecule has 4 rings (SSSR count). The van der Waals surface area contributed by atoms with Gasteiger partial charge in [-0.25, -0.2) is 30.1 Å². The number of ketones is 2. The van der Waals surface area contributed by atoms with Crippen LogP contribution in [-0.2, 0) is 184 Å². The molecule has 0 aliphatic heterocycles. The summed E-state index contributed by atoms with van der Waals surface area (Å²) in [5, 5.41) is 17.4. The van der Waals surface area contributed by atoms with Gasteiger partial charge in [-0.3, -0.25) is 45.5 Å². The molecule has 4 aromatic rings. The molecule has 308 valence electrons. The fraction of sp³-hybridized carbons (Fsp3) is 0.200. The van der Waals surface area contributed by atoms with Gasteiger partial charge in [0.05, 0.1) is 5.33 Å². The van der Waals surface area contributed by atoms with Crippen LogP contribution in [0, 0.1) is 48.6 Å². The zero-order chi connectivity index (χ0) is 42.1. The summed E-state index contributed by atoms with van der Waals surface area (Å²) in [4.78, 5) is 43.2. The van der Waals surface area contributed by atoms with Gasteiger partial charge < -0.3 is 34.5 Å². The van der Waals surface area contributed by atoms with Crippen molar-refractivity contribution in [1.29, 1.82) is 0 Å². The van der Waals surface area contributed by atoms with E-state index >= 15 is 0 Å². The second-order valence-electron chi connectivity index (χ2n) is 11.1. The fourth-order valence-electron chi connectivity index (χ4n) is 4.24. The Hall–Kier alpha value is 0.418. The van der Waals surface area contributed by atoms with Crippen LogP contribution in [0.1, 0.15) is 56.6 Å². The number of aliphatic carboxylic acids is 2. The van der Waals surface area contributed by atoms with Gasteiger partial charge in [-0.05, 0) is 6.42 Å². The molecule has 60 heavy (non-hydrogen) atoms. The zero-order valence-electron chi connectivity index (χ0n) is 33.1. The van der Waals surface area contributed by atoms with Gasteiger partial charge in [-0.15, -0.1) is 0 Å². The molecular formula is C45H41AlBrCl3O6Y4-8. The van der Waals surface area contributed by atoms with Crippen LogP contribution in [0.5, 0.6) is 0 Å². The first-order valence-electron chi connectivity index (χ1n) is 16.7. The molecule has 4 aromatic carbocycles. The van der Waals surface area contributed by atoms with Crippen molar-refractivity contribution in [3.63, 3.8) is 0 Å². The normalized spacial score (nSPS) is 8.73. The van der Waals surface area contributed by atoms with Crippen LogP contribution in [0.15, 0.2) is 105 Å². The van der Waals surface area contributed by atoms with Crippen LogP contribution in [-0.4, -0.2) is 50.4 Å². The topological polar surface area (TPSA) is 109 Å². The molecule has 4 radical (unpaired) electrons. The summed E-state index contributed by atoms with van der Waals surface area (Å²) in [6, 6.07) is 36.1. The van der Waals surface area contributed by atoms with Crippen molar-refractivity contribution in [3.05, 3.63) is 193 Å². The van der Waals surface area contributed by atoms with Crippen molar-refractivity contribution in [2.75, 3.05) is 5.33 Å². The number of hydrogen-bond donors (Lipinski definition) is 2. The van der Waals surface area contributed by atoms with Gasteiger partial charge in [-0.2, -0.15) is 162 Å². The molecule has 2 N–H and O–H groups in total. The van der Waals surface area contributed by atoms with Gasteiger partial charge in [0.15, 0.2) is 0 Å². The summed E-state index contributed by atoms with van der Waals surface area (Å²) >= 11 is 1.42. The summed E-state index contributed by atoms with van der Waals surface area (Å²) in [6.45, 7) is 14.0. The molecule has 0 fully saturated rings. The minimum absolute atomic E-state index is 0. The molecule has 0 amide bonds. The number of carbonyl (C=O) groups is 4. The van der Waals surface area contributed by atoms with E-state index in [-0.39, 0.29) is 143 Å². The number of hydrogen-bond acceptors (Lipinski definition) is 4. The number of Topliss-reactive ketones (excluding diaryl/α,β-unsaturated/α-hetero) is 2.